The van der Waals surface area contributed by atoms with E-state index >= 15 is 0 Å². The molecule has 3 N–H and O–H groups in total. The van der Waals surface area contributed by atoms with Crippen molar-refractivity contribution in [3.63, 3.8) is 0 Å². The average Bonchev–Trinajstić information content (AvgIpc) is 3.55. The molecule has 13 nitrogen and oxygen atoms in total. The van der Waals surface area contributed by atoms with E-state index in [1.165, 1.54) is 22.6 Å². The fourth-order valence-electron chi connectivity index (χ4n) is 3.52. The number of nitrogens with one attached hydrogen (secondary N) is 3. The molecule has 0 radical (unpaired) electrons. The van der Waals surface area contributed by atoms with E-state index in [9.17, 15) is 18.0 Å². The summed E-state index contributed by atoms with van der Waals surface area (Å²) >= 11 is 2.33. The third kappa shape index (κ3) is 6.59. The van der Waals surface area contributed by atoms with Crippen LogP contribution in [0.3, 0.4) is 0 Å². The number of amides is 2. The number of carbonyl (C=O) groups is 2. The number of Topliss-reactive ketones (excluding diaryl/α,β-unsaturated/α-hetero) is 1. The Morgan fingerprint density at radius 3 is 2.71 bits per heavy atom. The Kier molecular flexibility index (Phi) is 7.73. The number of tetrazole rings is 1. The second kappa shape index (κ2) is 10.8. The smallest absolute Gasteiger partial charge is 0.294 e. The number of hydrogen-bond acceptors (Lipinski definition) is 11. The summed E-state index contributed by atoms with van der Waals surface area (Å²) in [6.45, 7) is -0.0769. The minimum atomic E-state index is -3.46. The molecule has 186 valence electrons. The first-order valence-corrected chi connectivity index (χ1v) is 14.1. The zero-order chi connectivity index (χ0) is 25.0. The van der Waals surface area contributed by atoms with E-state index in [4.69, 9.17) is 0 Å². The zero-order valence-corrected chi connectivity index (χ0v) is 21.3. The molecule has 0 aromatic carbocycles. The molecule has 35 heavy (non-hydrogen) atoms. The topological polar surface area (TPSA) is 174 Å². The maximum Gasteiger partial charge on any atom is 0.326 e. The number of anilines is 2. The van der Waals surface area contributed by atoms with Crippen molar-refractivity contribution in [1.82, 2.24) is 34.9 Å². The number of aryl methyl sites for hydroxylation is 1. The maximum absolute atomic E-state index is 12.9. The van der Waals surface area contributed by atoms with Crippen molar-refractivity contribution in [1.29, 1.82) is 0 Å². The van der Waals surface area contributed by atoms with Gasteiger partial charge in [-0.2, -0.15) is 0 Å². The number of nitrogens with zero attached hydrogens (tertiary/aromatic N) is 6. The highest BCUT2D eigenvalue weighted by atomic mass is 32.2. The van der Waals surface area contributed by atoms with Crippen LogP contribution in [0.4, 0.5) is 15.7 Å². The van der Waals surface area contributed by atoms with Crippen molar-refractivity contribution < 1.29 is 18.0 Å². The average molecular weight is 538 g/mol. The van der Waals surface area contributed by atoms with Gasteiger partial charge in [0.1, 0.15) is 5.82 Å². The summed E-state index contributed by atoms with van der Waals surface area (Å²) in [5.74, 6) is 0.101. The molecule has 3 heterocycles. The molecule has 0 saturated heterocycles. The lowest BCUT2D eigenvalue weighted by molar-refractivity contribution is 0.0923. The molecule has 3 aromatic heterocycles. The van der Waals surface area contributed by atoms with Crippen LogP contribution in [0, 0.1) is 5.92 Å². The lowest BCUT2D eigenvalue weighted by atomic mass is 9.97. The van der Waals surface area contributed by atoms with Crippen molar-refractivity contribution in [2.45, 2.75) is 41.6 Å². The molecule has 0 atom stereocenters. The zero-order valence-electron chi connectivity index (χ0n) is 18.9. The first-order chi connectivity index (χ1) is 16.7. The molecule has 2 amide bonds. The Morgan fingerprint density at radius 1 is 1.26 bits per heavy atom. The molecule has 3 aromatic rings. The summed E-state index contributed by atoms with van der Waals surface area (Å²) in [6, 6.07) is 2.70. The molecular formula is C19H23N9O4S3. The summed E-state index contributed by atoms with van der Waals surface area (Å²) in [5, 5.41) is 17.2. The van der Waals surface area contributed by atoms with Crippen molar-refractivity contribution in [2.24, 2.45) is 13.0 Å². The number of sulfonamides is 1. The van der Waals surface area contributed by atoms with E-state index in [0.29, 0.717) is 20.6 Å². The quantitative estimate of drug-likeness (QED) is 0.344. The fourth-order valence-corrected chi connectivity index (χ4v) is 5.90. The van der Waals surface area contributed by atoms with Crippen molar-refractivity contribution in [3.05, 3.63) is 29.6 Å². The fraction of sp³-hybridized carbons (Fsp3) is 0.421. The van der Waals surface area contributed by atoms with Gasteiger partial charge in [-0.1, -0.05) is 24.2 Å². The number of carbonyl (C=O) groups excluding carboxylic acids is 2. The lowest BCUT2D eigenvalue weighted by Gasteiger charge is -2.12. The van der Waals surface area contributed by atoms with Gasteiger partial charge in [0.25, 0.3) is 0 Å². The first-order valence-electron chi connectivity index (χ1n) is 10.6. The molecule has 0 unspecified atom stereocenters. The second-order valence-corrected chi connectivity index (χ2v) is 11.9. The molecule has 16 heteroatoms. The first kappa shape index (κ1) is 25.2. The van der Waals surface area contributed by atoms with Crippen LogP contribution in [0.1, 0.15) is 41.7 Å². The van der Waals surface area contributed by atoms with Crippen LogP contribution in [0.2, 0.25) is 0 Å². The highest BCUT2D eigenvalue weighted by Crippen LogP contribution is 2.36. The predicted molar refractivity (Wildman–Crippen MR) is 130 cm³/mol. The summed E-state index contributed by atoms with van der Waals surface area (Å²) in [5.41, 5.74) is 0.774. The maximum atomic E-state index is 12.9. The number of hydrogen-bond donors (Lipinski definition) is 3. The van der Waals surface area contributed by atoms with E-state index in [1.807, 2.05) is 0 Å². The summed E-state index contributed by atoms with van der Waals surface area (Å²) in [7, 11) is -1.80. The molecular weight excluding hydrogens is 514 g/mol. The number of aromatic nitrogens is 6. The Morgan fingerprint density at radius 2 is 2.03 bits per heavy atom. The standard InChI is InChI=1S/C19H23N9O4S3/c1-28-19(25-26-27-28)34-16-13(10-21-35(2,31)32)22-18(33-16)24-17(30)23-15-12(8-5-9-20-15)14(29)11-6-3-4-7-11/h5,8-9,11,21H,3-4,6-7,10H2,1-2H3,(H2,20,22,23,24,30). The van der Waals surface area contributed by atoms with Gasteiger partial charge in [0, 0.05) is 19.2 Å². The summed E-state index contributed by atoms with van der Waals surface area (Å²) < 4.78 is 27.6. The molecule has 1 aliphatic rings. The van der Waals surface area contributed by atoms with Crippen LogP contribution < -0.4 is 15.4 Å². The Bertz CT molecular complexity index is 1330. The Labute approximate surface area is 209 Å². The van der Waals surface area contributed by atoms with Crippen LogP contribution in [-0.2, 0) is 23.6 Å². The monoisotopic (exact) mass is 537 g/mol. The van der Waals surface area contributed by atoms with Crippen LogP contribution in [0.5, 0.6) is 0 Å². The molecule has 1 aliphatic carbocycles. The Hall–Kier alpha value is -2.95. The molecule has 4 rings (SSSR count). The second-order valence-electron chi connectivity index (χ2n) is 7.86. The minimum Gasteiger partial charge on any atom is -0.294 e. The number of pyridine rings is 1. The largest absolute Gasteiger partial charge is 0.326 e. The molecule has 0 bridgehead atoms. The Balaban J connectivity index is 1.50. The highest BCUT2D eigenvalue weighted by molar-refractivity contribution is 8.01. The van der Waals surface area contributed by atoms with E-state index in [0.717, 1.165) is 43.3 Å². The summed E-state index contributed by atoms with van der Waals surface area (Å²) in [4.78, 5) is 34.1. The van der Waals surface area contributed by atoms with Crippen molar-refractivity contribution >= 4 is 55.9 Å². The van der Waals surface area contributed by atoms with Gasteiger partial charge >= 0.3 is 6.03 Å². The van der Waals surface area contributed by atoms with Gasteiger partial charge < -0.3 is 0 Å². The third-order valence-corrected chi connectivity index (χ3v) is 8.11. The minimum absolute atomic E-state index is 0.0229. The van der Waals surface area contributed by atoms with E-state index < -0.39 is 16.1 Å². The van der Waals surface area contributed by atoms with Crippen LogP contribution in [0.25, 0.3) is 0 Å². The van der Waals surface area contributed by atoms with Gasteiger partial charge in [-0.15, -0.1) is 5.10 Å². The van der Waals surface area contributed by atoms with Crippen LogP contribution >= 0.6 is 23.1 Å². The highest BCUT2D eigenvalue weighted by Gasteiger charge is 2.26. The SMILES string of the molecule is Cn1nnnc1Sc1sc(NC(=O)Nc2ncccc2C(=O)C2CCCC2)nc1CNS(C)(=O)=O. The molecule has 0 spiro atoms. The van der Waals surface area contributed by atoms with Gasteiger partial charge in [-0.25, -0.2) is 32.6 Å². The summed E-state index contributed by atoms with van der Waals surface area (Å²) in [6.07, 6.45) is 6.26. The third-order valence-electron chi connectivity index (χ3n) is 5.18. The van der Waals surface area contributed by atoms with Gasteiger partial charge in [-0.05, 0) is 47.2 Å². The molecule has 1 saturated carbocycles. The van der Waals surface area contributed by atoms with Crippen LogP contribution in [-0.4, -0.2) is 56.7 Å². The van der Waals surface area contributed by atoms with Crippen LogP contribution in [0.15, 0.2) is 27.7 Å². The number of thiazole rings is 1. The number of rotatable bonds is 9. The van der Waals surface area contributed by atoms with E-state index in [2.05, 4.69) is 40.8 Å². The van der Waals surface area contributed by atoms with Crippen molar-refractivity contribution in [2.75, 3.05) is 16.9 Å². The van der Waals surface area contributed by atoms with E-state index in [-0.39, 0.29) is 29.2 Å². The van der Waals surface area contributed by atoms with Gasteiger partial charge in [0.05, 0.1) is 28.3 Å². The van der Waals surface area contributed by atoms with E-state index in [1.54, 1.807) is 19.2 Å². The number of urea groups is 1. The normalized spacial score (nSPS) is 14.2. The van der Waals surface area contributed by atoms with Crippen molar-refractivity contribution in [3.8, 4) is 0 Å². The van der Waals surface area contributed by atoms with Gasteiger partial charge in [0.2, 0.25) is 15.2 Å². The molecule has 1 fully saturated rings. The number of ketones is 1. The van der Waals surface area contributed by atoms with Gasteiger partial charge in [-0.3, -0.25) is 15.4 Å². The lowest BCUT2D eigenvalue weighted by Crippen LogP contribution is -2.23. The van der Waals surface area contributed by atoms with Gasteiger partial charge in [0.15, 0.2) is 10.9 Å². The predicted octanol–water partition coefficient (Wildman–Crippen LogP) is 2.28. The molecule has 0 aliphatic heterocycles.